The van der Waals surface area contributed by atoms with Crippen LogP contribution in [0.4, 0.5) is 5.69 Å². The number of hydrogen-bond acceptors (Lipinski definition) is 5. The summed E-state index contributed by atoms with van der Waals surface area (Å²) in [6.07, 6.45) is 6.47. The second-order valence-electron chi connectivity index (χ2n) is 11.1. The van der Waals surface area contributed by atoms with Crippen LogP contribution in [0.25, 0.3) is 22.2 Å². The van der Waals surface area contributed by atoms with Gasteiger partial charge in [-0.3, -0.25) is 14.9 Å². The number of hydrogen-bond donors (Lipinski definition) is 2. The van der Waals surface area contributed by atoms with Crippen molar-refractivity contribution in [1.29, 1.82) is 0 Å². The zero-order chi connectivity index (χ0) is 25.5. The standard InChI is InChI=1S/C31H33N5O2/c37-31(33-30(20-5-1-2-6-20)28-7-3-4-14-32-28)22-10-13-27-26(15-22)29(35-34-27)21-8-11-25(12-9-21)36-16-23(17-36)24-18-38-19-24/h3-4,7-15,20,23-24,30H,1-2,5-6,16-19H2,(H,33,37)(H,34,35). The zero-order valence-corrected chi connectivity index (χ0v) is 21.5. The summed E-state index contributed by atoms with van der Waals surface area (Å²) < 4.78 is 5.35. The number of fused-ring (bicyclic) bond motifs is 1. The van der Waals surface area contributed by atoms with Crippen LogP contribution in [0.1, 0.15) is 47.8 Å². The number of nitrogens with zero attached hydrogens (tertiary/aromatic N) is 3. The molecule has 7 heteroatoms. The second kappa shape index (κ2) is 9.87. The summed E-state index contributed by atoms with van der Waals surface area (Å²) in [5, 5.41) is 12.0. The third-order valence-corrected chi connectivity index (χ3v) is 8.74. The first-order valence-corrected chi connectivity index (χ1v) is 13.9. The van der Waals surface area contributed by atoms with Crippen molar-refractivity contribution in [2.45, 2.75) is 31.7 Å². The van der Waals surface area contributed by atoms with Crippen molar-refractivity contribution in [3.8, 4) is 11.3 Å². The van der Waals surface area contributed by atoms with Gasteiger partial charge in [0.2, 0.25) is 0 Å². The molecule has 1 aliphatic carbocycles. The first-order valence-electron chi connectivity index (χ1n) is 13.9. The molecule has 1 saturated carbocycles. The van der Waals surface area contributed by atoms with E-state index in [2.05, 4.69) is 49.7 Å². The SMILES string of the molecule is O=C(NC(c1ccccn1)C1CCCC1)c1ccc2[nH]nc(-c3ccc(N4CC(C5COC5)C4)cc3)c2c1. The Labute approximate surface area is 222 Å². The molecule has 7 nitrogen and oxygen atoms in total. The Balaban J connectivity index is 1.10. The van der Waals surface area contributed by atoms with Gasteiger partial charge in [-0.15, -0.1) is 0 Å². The van der Waals surface area contributed by atoms with Crippen molar-refractivity contribution in [3.05, 3.63) is 78.1 Å². The maximum absolute atomic E-state index is 13.5. The lowest BCUT2D eigenvalue weighted by Crippen LogP contribution is -2.54. The number of ether oxygens (including phenoxy) is 1. The first kappa shape index (κ1) is 23.4. The minimum atomic E-state index is -0.0730. The number of carbonyl (C=O) groups is 1. The topological polar surface area (TPSA) is 83.1 Å². The number of pyridine rings is 1. The molecule has 2 aliphatic heterocycles. The van der Waals surface area contributed by atoms with E-state index in [0.717, 1.165) is 78.8 Å². The molecule has 194 valence electrons. The van der Waals surface area contributed by atoms with Crippen LogP contribution in [0.15, 0.2) is 66.9 Å². The Morgan fingerprint density at radius 1 is 1.00 bits per heavy atom. The summed E-state index contributed by atoms with van der Waals surface area (Å²) in [7, 11) is 0. The molecule has 7 rings (SSSR count). The largest absolute Gasteiger partial charge is 0.381 e. The minimum Gasteiger partial charge on any atom is -0.381 e. The number of rotatable bonds is 7. The van der Waals surface area contributed by atoms with E-state index in [1.165, 1.54) is 18.5 Å². The molecule has 2 aromatic carbocycles. The molecule has 1 unspecified atom stereocenters. The van der Waals surface area contributed by atoms with Crippen molar-refractivity contribution in [3.63, 3.8) is 0 Å². The highest BCUT2D eigenvalue weighted by atomic mass is 16.5. The Bertz CT molecular complexity index is 1420. The zero-order valence-electron chi connectivity index (χ0n) is 21.5. The molecular weight excluding hydrogens is 474 g/mol. The van der Waals surface area contributed by atoms with Crippen molar-refractivity contribution in [1.82, 2.24) is 20.5 Å². The maximum Gasteiger partial charge on any atom is 0.251 e. The molecule has 2 saturated heterocycles. The third-order valence-electron chi connectivity index (χ3n) is 8.74. The van der Waals surface area contributed by atoms with Gasteiger partial charge in [-0.25, -0.2) is 0 Å². The fraction of sp³-hybridized carbons (Fsp3) is 0.387. The molecular formula is C31H33N5O2. The van der Waals surface area contributed by atoms with Crippen molar-refractivity contribution in [2.24, 2.45) is 17.8 Å². The molecule has 1 atom stereocenters. The van der Waals surface area contributed by atoms with Gasteiger partial charge >= 0.3 is 0 Å². The Kier molecular flexibility index (Phi) is 6.08. The third kappa shape index (κ3) is 4.35. The second-order valence-corrected chi connectivity index (χ2v) is 11.1. The van der Waals surface area contributed by atoms with Crippen LogP contribution in [0.2, 0.25) is 0 Å². The maximum atomic E-state index is 13.5. The first-order chi connectivity index (χ1) is 18.7. The van der Waals surface area contributed by atoms with E-state index in [1.807, 2.05) is 42.6 Å². The summed E-state index contributed by atoms with van der Waals surface area (Å²) in [5.41, 5.74) is 5.66. The Hall–Kier alpha value is -3.71. The number of aromatic amines is 1. The number of benzene rings is 2. The van der Waals surface area contributed by atoms with Gasteiger partial charge in [-0.2, -0.15) is 5.10 Å². The van der Waals surface area contributed by atoms with Crippen LogP contribution in [0.5, 0.6) is 0 Å². The number of aromatic nitrogens is 3. The average Bonchev–Trinajstić information content (AvgIpc) is 3.59. The Morgan fingerprint density at radius 3 is 2.53 bits per heavy atom. The number of nitrogens with one attached hydrogen (secondary N) is 2. The summed E-state index contributed by atoms with van der Waals surface area (Å²) in [6.45, 7) is 4.07. The van der Waals surface area contributed by atoms with Gasteiger partial charge in [0.1, 0.15) is 0 Å². The van der Waals surface area contributed by atoms with Gasteiger partial charge in [0.25, 0.3) is 5.91 Å². The molecule has 38 heavy (non-hydrogen) atoms. The predicted molar refractivity (Wildman–Crippen MR) is 148 cm³/mol. The minimum absolute atomic E-state index is 0.0684. The molecule has 4 aromatic rings. The highest BCUT2D eigenvalue weighted by Gasteiger charge is 2.37. The van der Waals surface area contributed by atoms with Crippen molar-refractivity contribution in [2.75, 3.05) is 31.2 Å². The summed E-state index contributed by atoms with van der Waals surface area (Å²) >= 11 is 0. The van der Waals surface area contributed by atoms with Gasteiger partial charge < -0.3 is 15.0 Å². The van der Waals surface area contributed by atoms with E-state index in [-0.39, 0.29) is 11.9 Å². The highest BCUT2D eigenvalue weighted by molar-refractivity contribution is 6.01. The van der Waals surface area contributed by atoms with E-state index in [1.54, 1.807) is 0 Å². The van der Waals surface area contributed by atoms with Gasteiger partial charge in [0.05, 0.1) is 36.2 Å². The predicted octanol–water partition coefficient (Wildman–Crippen LogP) is 5.37. The lowest BCUT2D eigenvalue weighted by atomic mass is 9.84. The van der Waals surface area contributed by atoms with E-state index in [4.69, 9.17) is 4.74 Å². The van der Waals surface area contributed by atoms with Crippen LogP contribution < -0.4 is 10.2 Å². The average molecular weight is 508 g/mol. The van der Waals surface area contributed by atoms with Crippen molar-refractivity contribution < 1.29 is 9.53 Å². The van der Waals surface area contributed by atoms with E-state index < -0.39 is 0 Å². The summed E-state index contributed by atoms with van der Waals surface area (Å²) in [6, 6.07) is 20.3. The number of amides is 1. The van der Waals surface area contributed by atoms with Gasteiger partial charge in [-0.05, 0) is 61.2 Å². The fourth-order valence-corrected chi connectivity index (χ4v) is 6.26. The lowest BCUT2D eigenvalue weighted by molar-refractivity contribution is -0.0659. The summed E-state index contributed by atoms with van der Waals surface area (Å²) in [4.78, 5) is 20.5. The molecule has 3 aliphatic rings. The highest BCUT2D eigenvalue weighted by Crippen LogP contribution is 2.36. The number of carbonyl (C=O) groups excluding carboxylic acids is 1. The van der Waals surface area contributed by atoms with Gasteiger partial charge in [0, 0.05) is 53.3 Å². The fourth-order valence-electron chi connectivity index (χ4n) is 6.26. The van der Waals surface area contributed by atoms with Crippen LogP contribution in [0.3, 0.4) is 0 Å². The number of anilines is 1. The van der Waals surface area contributed by atoms with Crippen LogP contribution in [-0.4, -0.2) is 47.4 Å². The molecule has 0 spiro atoms. The van der Waals surface area contributed by atoms with Crippen LogP contribution >= 0.6 is 0 Å². The van der Waals surface area contributed by atoms with Crippen LogP contribution in [0, 0.1) is 17.8 Å². The van der Waals surface area contributed by atoms with Crippen LogP contribution in [-0.2, 0) is 4.74 Å². The molecule has 2 aromatic heterocycles. The molecule has 3 fully saturated rings. The summed E-state index contributed by atoms with van der Waals surface area (Å²) in [5.74, 6) is 1.85. The van der Waals surface area contributed by atoms with E-state index >= 15 is 0 Å². The van der Waals surface area contributed by atoms with E-state index in [0.29, 0.717) is 11.5 Å². The normalized spacial score (nSPS) is 19.3. The van der Waals surface area contributed by atoms with Gasteiger partial charge in [0.15, 0.2) is 0 Å². The smallest absolute Gasteiger partial charge is 0.251 e. The van der Waals surface area contributed by atoms with Crippen molar-refractivity contribution >= 4 is 22.5 Å². The molecule has 0 radical (unpaired) electrons. The molecule has 2 N–H and O–H groups in total. The quantitative estimate of drug-likeness (QED) is 0.351. The number of H-pyrrole nitrogens is 1. The Morgan fingerprint density at radius 2 is 1.82 bits per heavy atom. The van der Waals surface area contributed by atoms with Gasteiger partial charge in [-0.1, -0.05) is 31.0 Å². The molecule has 1 amide bonds. The van der Waals surface area contributed by atoms with E-state index in [9.17, 15) is 4.79 Å². The molecule has 4 heterocycles. The lowest BCUT2D eigenvalue weighted by Gasteiger charge is -2.47. The molecule has 0 bridgehead atoms. The monoisotopic (exact) mass is 507 g/mol.